The van der Waals surface area contributed by atoms with Crippen molar-refractivity contribution in [2.24, 2.45) is 11.7 Å². The van der Waals surface area contributed by atoms with Crippen molar-refractivity contribution >= 4 is 17.7 Å². The summed E-state index contributed by atoms with van der Waals surface area (Å²) in [5.41, 5.74) is 4.89. The van der Waals surface area contributed by atoms with Crippen LogP contribution in [0.5, 0.6) is 0 Å². The number of halogens is 3. The van der Waals surface area contributed by atoms with Crippen molar-refractivity contribution in [2.45, 2.75) is 13.1 Å². The van der Waals surface area contributed by atoms with Gasteiger partial charge in [-0.1, -0.05) is 0 Å². The molecule has 0 spiro atoms. The number of ether oxygens (including phenoxy) is 1. The van der Waals surface area contributed by atoms with E-state index in [9.17, 15) is 18.0 Å². The van der Waals surface area contributed by atoms with Gasteiger partial charge in [-0.2, -0.15) is 13.2 Å². The molecule has 0 bridgehead atoms. The minimum Gasteiger partial charge on any atom is -0.463 e. The van der Waals surface area contributed by atoms with Crippen molar-refractivity contribution in [1.29, 1.82) is 0 Å². The zero-order chi connectivity index (χ0) is 11.6. The SMILES string of the molecule is CCOC(=O)C1=C(N)SCC1C(F)(F)F. The maximum absolute atomic E-state index is 12.5. The smallest absolute Gasteiger partial charge is 0.396 e. The van der Waals surface area contributed by atoms with Gasteiger partial charge in [-0.3, -0.25) is 0 Å². The third-order valence-corrected chi connectivity index (χ3v) is 2.94. The minimum atomic E-state index is -4.45. The summed E-state index contributed by atoms with van der Waals surface area (Å²) in [5, 5.41) is -0.0872. The van der Waals surface area contributed by atoms with Crippen LogP contribution >= 0.6 is 11.8 Å². The first-order chi connectivity index (χ1) is 6.88. The Balaban J connectivity index is 2.91. The molecular formula is C8H10F3NO2S. The Morgan fingerprint density at radius 3 is 2.73 bits per heavy atom. The van der Waals surface area contributed by atoms with Gasteiger partial charge in [0.2, 0.25) is 0 Å². The number of thioether (sulfide) groups is 1. The Labute approximate surface area is 88.8 Å². The molecule has 15 heavy (non-hydrogen) atoms. The van der Waals surface area contributed by atoms with Crippen LogP contribution in [0.3, 0.4) is 0 Å². The Kier molecular flexibility index (Phi) is 3.54. The summed E-state index contributed by atoms with van der Waals surface area (Å²) >= 11 is 0.831. The van der Waals surface area contributed by atoms with Crippen LogP contribution in [0.4, 0.5) is 13.2 Å². The number of carbonyl (C=O) groups is 1. The second-order valence-corrected chi connectivity index (χ2v) is 3.97. The number of nitrogens with two attached hydrogens (primary N) is 1. The summed E-state index contributed by atoms with van der Waals surface area (Å²) in [5.74, 6) is -3.02. The highest BCUT2D eigenvalue weighted by molar-refractivity contribution is 8.03. The molecule has 1 aliphatic rings. The van der Waals surface area contributed by atoms with Crippen LogP contribution < -0.4 is 5.73 Å². The topological polar surface area (TPSA) is 52.3 Å². The normalized spacial score (nSPS) is 22.0. The molecule has 0 amide bonds. The highest BCUT2D eigenvalue weighted by Gasteiger charge is 2.48. The van der Waals surface area contributed by atoms with Crippen molar-refractivity contribution in [3.8, 4) is 0 Å². The van der Waals surface area contributed by atoms with Gasteiger partial charge in [0, 0.05) is 5.75 Å². The molecule has 1 rings (SSSR count). The average molecular weight is 241 g/mol. The molecule has 3 nitrogen and oxygen atoms in total. The fraction of sp³-hybridized carbons (Fsp3) is 0.625. The summed E-state index contributed by atoms with van der Waals surface area (Å²) < 4.78 is 42.0. The van der Waals surface area contributed by atoms with Gasteiger partial charge in [-0.25, -0.2) is 4.79 Å². The molecule has 7 heteroatoms. The van der Waals surface area contributed by atoms with E-state index in [2.05, 4.69) is 4.74 Å². The average Bonchev–Trinajstić information content (AvgIpc) is 2.46. The third-order valence-electron chi connectivity index (χ3n) is 1.91. The van der Waals surface area contributed by atoms with E-state index in [0.29, 0.717) is 0 Å². The van der Waals surface area contributed by atoms with Crippen LogP contribution in [-0.2, 0) is 9.53 Å². The summed E-state index contributed by atoms with van der Waals surface area (Å²) in [4.78, 5) is 11.2. The molecule has 1 heterocycles. The fourth-order valence-corrected chi connectivity index (χ4v) is 2.30. The highest BCUT2D eigenvalue weighted by atomic mass is 32.2. The van der Waals surface area contributed by atoms with Gasteiger partial charge in [-0.15, -0.1) is 11.8 Å². The lowest BCUT2D eigenvalue weighted by molar-refractivity contribution is -0.165. The van der Waals surface area contributed by atoms with E-state index < -0.39 is 23.6 Å². The number of carbonyl (C=O) groups excluding carboxylic acids is 1. The second-order valence-electron chi connectivity index (χ2n) is 2.90. The molecule has 2 N–H and O–H groups in total. The molecule has 0 aromatic rings. The quantitative estimate of drug-likeness (QED) is 0.747. The van der Waals surface area contributed by atoms with Crippen LogP contribution in [0.15, 0.2) is 10.6 Å². The van der Waals surface area contributed by atoms with Gasteiger partial charge >= 0.3 is 12.1 Å². The molecule has 1 aliphatic heterocycles. The van der Waals surface area contributed by atoms with Gasteiger partial charge in [0.15, 0.2) is 0 Å². The van der Waals surface area contributed by atoms with E-state index in [1.54, 1.807) is 0 Å². The molecule has 86 valence electrons. The number of hydrogen-bond donors (Lipinski definition) is 1. The van der Waals surface area contributed by atoms with E-state index in [-0.39, 0.29) is 17.4 Å². The Hall–Kier alpha value is -0.850. The maximum atomic E-state index is 12.5. The van der Waals surface area contributed by atoms with E-state index in [4.69, 9.17) is 5.73 Å². The maximum Gasteiger partial charge on any atom is 0.396 e. The van der Waals surface area contributed by atoms with Crippen molar-refractivity contribution in [1.82, 2.24) is 0 Å². The summed E-state index contributed by atoms with van der Waals surface area (Å²) in [6.45, 7) is 1.56. The van der Waals surface area contributed by atoms with Crippen LogP contribution in [0, 0.1) is 5.92 Å². The van der Waals surface area contributed by atoms with Gasteiger partial charge in [0.05, 0.1) is 23.1 Å². The lowest BCUT2D eigenvalue weighted by Crippen LogP contribution is -2.29. The molecule has 0 aromatic carbocycles. The van der Waals surface area contributed by atoms with Gasteiger partial charge in [0.1, 0.15) is 0 Å². The largest absolute Gasteiger partial charge is 0.463 e. The fourth-order valence-electron chi connectivity index (χ4n) is 1.22. The molecular weight excluding hydrogens is 231 g/mol. The summed E-state index contributed by atoms with van der Waals surface area (Å²) in [7, 11) is 0. The van der Waals surface area contributed by atoms with Gasteiger partial charge in [0.25, 0.3) is 0 Å². The number of esters is 1. The van der Waals surface area contributed by atoms with Crippen molar-refractivity contribution in [3.05, 3.63) is 10.6 Å². The Morgan fingerprint density at radius 2 is 2.27 bits per heavy atom. The van der Waals surface area contributed by atoms with E-state index in [1.165, 1.54) is 6.92 Å². The van der Waals surface area contributed by atoms with Crippen molar-refractivity contribution in [2.75, 3.05) is 12.4 Å². The standard InChI is InChI=1S/C8H10F3NO2S/c1-2-14-7(13)5-4(8(9,10)11)3-15-6(5)12/h4H,2-3,12H2,1H3. The highest BCUT2D eigenvalue weighted by Crippen LogP contribution is 2.42. The zero-order valence-electron chi connectivity index (χ0n) is 7.93. The van der Waals surface area contributed by atoms with Crippen LogP contribution in [0.1, 0.15) is 6.92 Å². The van der Waals surface area contributed by atoms with Gasteiger partial charge < -0.3 is 10.5 Å². The second kappa shape index (κ2) is 4.34. The number of alkyl halides is 3. The molecule has 0 saturated heterocycles. The molecule has 0 radical (unpaired) electrons. The lowest BCUT2D eigenvalue weighted by atomic mass is 10.0. The predicted octanol–water partition coefficient (Wildman–Crippen LogP) is 1.65. The van der Waals surface area contributed by atoms with E-state index in [1.807, 2.05) is 0 Å². The van der Waals surface area contributed by atoms with E-state index >= 15 is 0 Å². The first-order valence-corrected chi connectivity index (χ1v) is 5.22. The number of rotatable bonds is 2. The monoisotopic (exact) mass is 241 g/mol. The van der Waals surface area contributed by atoms with Gasteiger partial charge in [-0.05, 0) is 6.92 Å². The van der Waals surface area contributed by atoms with Crippen molar-refractivity contribution < 1.29 is 22.7 Å². The lowest BCUT2D eigenvalue weighted by Gasteiger charge is -2.16. The Morgan fingerprint density at radius 1 is 1.67 bits per heavy atom. The summed E-state index contributed by atoms with van der Waals surface area (Å²) in [6, 6.07) is 0. The molecule has 1 unspecified atom stereocenters. The van der Waals surface area contributed by atoms with Crippen LogP contribution in [0.25, 0.3) is 0 Å². The van der Waals surface area contributed by atoms with E-state index in [0.717, 1.165) is 11.8 Å². The first-order valence-electron chi connectivity index (χ1n) is 4.24. The van der Waals surface area contributed by atoms with Crippen LogP contribution in [-0.4, -0.2) is 24.5 Å². The van der Waals surface area contributed by atoms with Crippen molar-refractivity contribution in [3.63, 3.8) is 0 Å². The third kappa shape index (κ3) is 2.58. The first kappa shape index (κ1) is 12.2. The molecule has 0 aromatic heterocycles. The molecule has 0 fully saturated rings. The minimum absolute atomic E-state index is 0.0326. The summed E-state index contributed by atoms with van der Waals surface area (Å²) in [6.07, 6.45) is -4.45. The Bertz CT molecular complexity index is 301. The molecule has 0 saturated carbocycles. The molecule has 0 aliphatic carbocycles. The van der Waals surface area contributed by atoms with Crippen LogP contribution in [0.2, 0.25) is 0 Å². The predicted molar refractivity (Wildman–Crippen MR) is 49.8 cm³/mol. The zero-order valence-corrected chi connectivity index (χ0v) is 8.74. The molecule has 1 atom stereocenters. The number of hydrogen-bond acceptors (Lipinski definition) is 4.